The zero-order chi connectivity index (χ0) is 12.3. The van der Waals surface area contributed by atoms with Crippen LogP contribution in [-0.4, -0.2) is 5.71 Å². The maximum atomic E-state index is 4.52. The molecule has 1 aliphatic heterocycles. The fourth-order valence-corrected chi connectivity index (χ4v) is 2.47. The Morgan fingerprint density at radius 2 is 2.24 bits per heavy atom. The third-order valence-electron chi connectivity index (χ3n) is 3.96. The van der Waals surface area contributed by atoms with E-state index in [9.17, 15) is 0 Å². The highest BCUT2D eigenvalue weighted by Crippen LogP contribution is 2.37. The summed E-state index contributed by atoms with van der Waals surface area (Å²) in [7, 11) is 0. The van der Waals surface area contributed by atoms with Crippen molar-refractivity contribution in [2.45, 2.75) is 46.5 Å². The van der Waals surface area contributed by atoms with Crippen molar-refractivity contribution >= 4 is 5.71 Å². The minimum absolute atomic E-state index is 0.345. The molecule has 1 atom stereocenters. The minimum Gasteiger partial charge on any atom is -0.266 e. The Hall–Kier alpha value is -1.11. The van der Waals surface area contributed by atoms with E-state index in [1.54, 1.807) is 0 Å². The van der Waals surface area contributed by atoms with Gasteiger partial charge >= 0.3 is 0 Å². The van der Waals surface area contributed by atoms with E-state index in [0.29, 0.717) is 11.3 Å². The van der Waals surface area contributed by atoms with Crippen LogP contribution in [0.1, 0.15) is 46.5 Å². The standard InChI is InChI=1S/C16H23N/c1-13-7-8-14(16(2,3)10-9-13)12-15-6-4-5-11-17-15/h5,7-9,11,14H,4,6,10,12H2,1-3H3. The summed E-state index contributed by atoms with van der Waals surface area (Å²) in [5.74, 6) is 0.612. The van der Waals surface area contributed by atoms with Crippen molar-refractivity contribution in [3.05, 3.63) is 36.1 Å². The van der Waals surface area contributed by atoms with Gasteiger partial charge in [0.15, 0.2) is 0 Å². The molecule has 17 heavy (non-hydrogen) atoms. The Morgan fingerprint density at radius 1 is 1.41 bits per heavy atom. The SMILES string of the molecule is CC1=CCC(C)(C)C(CC2=NC=CCC2)C=C1. The monoisotopic (exact) mass is 229 g/mol. The Labute approximate surface area is 105 Å². The number of aliphatic imine (C=N–C) groups is 1. The van der Waals surface area contributed by atoms with Crippen molar-refractivity contribution in [3.8, 4) is 0 Å². The van der Waals surface area contributed by atoms with Gasteiger partial charge in [-0.2, -0.15) is 0 Å². The Bertz CT molecular complexity index is 394. The van der Waals surface area contributed by atoms with E-state index in [-0.39, 0.29) is 0 Å². The van der Waals surface area contributed by atoms with Gasteiger partial charge in [-0.1, -0.05) is 43.7 Å². The summed E-state index contributed by atoms with van der Waals surface area (Å²) in [5.41, 5.74) is 3.11. The topological polar surface area (TPSA) is 12.4 Å². The second kappa shape index (κ2) is 5.03. The van der Waals surface area contributed by atoms with Gasteiger partial charge in [-0.25, -0.2) is 0 Å². The summed E-state index contributed by atoms with van der Waals surface area (Å²) in [6, 6.07) is 0. The van der Waals surface area contributed by atoms with Crippen LogP contribution in [0.25, 0.3) is 0 Å². The molecular formula is C16H23N. The van der Waals surface area contributed by atoms with E-state index in [2.05, 4.69) is 50.1 Å². The van der Waals surface area contributed by atoms with Crippen molar-refractivity contribution in [2.75, 3.05) is 0 Å². The molecule has 1 unspecified atom stereocenters. The molecule has 0 aromatic carbocycles. The maximum absolute atomic E-state index is 4.52. The van der Waals surface area contributed by atoms with Gasteiger partial charge in [0.1, 0.15) is 0 Å². The van der Waals surface area contributed by atoms with Crippen molar-refractivity contribution in [3.63, 3.8) is 0 Å². The molecule has 92 valence electrons. The molecular weight excluding hydrogens is 206 g/mol. The molecule has 0 aromatic rings. The van der Waals surface area contributed by atoms with Crippen LogP contribution in [0.4, 0.5) is 0 Å². The summed E-state index contributed by atoms with van der Waals surface area (Å²) in [4.78, 5) is 4.52. The summed E-state index contributed by atoms with van der Waals surface area (Å²) in [6.07, 6.45) is 15.7. The largest absolute Gasteiger partial charge is 0.266 e. The van der Waals surface area contributed by atoms with Gasteiger partial charge in [0, 0.05) is 11.9 Å². The first-order chi connectivity index (χ1) is 8.08. The Balaban J connectivity index is 2.11. The molecule has 1 nitrogen and oxygen atoms in total. The fraction of sp³-hybridized carbons (Fsp3) is 0.562. The molecule has 0 saturated carbocycles. The zero-order valence-electron chi connectivity index (χ0n) is 11.2. The van der Waals surface area contributed by atoms with Crippen LogP contribution in [0.2, 0.25) is 0 Å². The normalized spacial score (nSPS) is 27.4. The molecule has 0 bridgehead atoms. The van der Waals surface area contributed by atoms with Crippen LogP contribution in [-0.2, 0) is 0 Å². The molecule has 0 fully saturated rings. The average molecular weight is 229 g/mol. The van der Waals surface area contributed by atoms with E-state index >= 15 is 0 Å². The second-order valence-corrected chi connectivity index (χ2v) is 5.93. The highest BCUT2D eigenvalue weighted by atomic mass is 14.7. The number of nitrogens with zero attached hydrogens (tertiary/aromatic N) is 1. The molecule has 2 aliphatic rings. The van der Waals surface area contributed by atoms with Gasteiger partial charge in [0.25, 0.3) is 0 Å². The van der Waals surface area contributed by atoms with E-state index in [0.717, 1.165) is 19.3 Å². The summed E-state index contributed by atoms with van der Waals surface area (Å²) < 4.78 is 0. The first kappa shape index (κ1) is 12.3. The summed E-state index contributed by atoms with van der Waals surface area (Å²) in [6.45, 7) is 6.93. The third kappa shape index (κ3) is 3.18. The highest BCUT2D eigenvalue weighted by Gasteiger charge is 2.28. The van der Waals surface area contributed by atoms with Crippen molar-refractivity contribution < 1.29 is 0 Å². The van der Waals surface area contributed by atoms with Gasteiger partial charge in [0.05, 0.1) is 0 Å². The summed E-state index contributed by atoms with van der Waals surface area (Å²) >= 11 is 0. The molecule has 0 saturated heterocycles. The van der Waals surface area contributed by atoms with Crippen LogP contribution in [0.3, 0.4) is 0 Å². The number of hydrogen-bond donors (Lipinski definition) is 0. The van der Waals surface area contributed by atoms with Gasteiger partial charge in [-0.05, 0) is 43.9 Å². The second-order valence-electron chi connectivity index (χ2n) is 5.93. The Morgan fingerprint density at radius 3 is 2.94 bits per heavy atom. The van der Waals surface area contributed by atoms with Gasteiger partial charge in [0.2, 0.25) is 0 Å². The number of hydrogen-bond acceptors (Lipinski definition) is 1. The third-order valence-corrected chi connectivity index (χ3v) is 3.96. The van der Waals surface area contributed by atoms with E-state index < -0.39 is 0 Å². The Kier molecular flexibility index (Phi) is 3.66. The minimum atomic E-state index is 0.345. The fourth-order valence-electron chi connectivity index (χ4n) is 2.47. The van der Waals surface area contributed by atoms with Crippen LogP contribution in [0, 0.1) is 11.3 Å². The lowest BCUT2D eigenvalue weighted by Gasteiger charge is -2.31. The molecule has 0 N–H and O–H groups in total. The van der Waals surface area contributed by atoms with Crippen LogP contribution < -0.4 is 0 Å². The predicted molar refractivity (Wildman–Crippen MR) is 75.2 cm³/mol. The molecule has 0 aromatic heterocycles. The van der Waals surface area contributed by atoms with Crippen molar-refractivity contribution in [2.24, 2.45) is 16.3 Å². The van der Waals surface area contributed by atoms with Gasteiger partial charge in [-0.3, -0.25) is 4.99 Å². The van der Waals surface area contributed by atoms with E-state index in [1.807, 2.05) is 6.20 Å². The first-order valence-corrected chi connectivity index (χ1v) is 6.63. The van der Waals surface area contributed by atoms with Gasteiger partial charge < -0.3 is 0 Å². The summed E-state index contributed by atoms with van der Waals surface area (Å²) in [5, 5.41) is 0. The number of rotatable bonds is 2. The van der Waals surface area contributed by atoms with E-state index in [1.165, 1.54) is 17.7 Å². The molecule has 1 heteroatoms. The van der Waals surface area contributed by atoms with Crippen LogP contribution in [0.5, 0.6) is 0 Å². The molecule has 1 heterocycles. The average Bonchev–Trinajstić information content (AvgIpc) is 2.44. The van der Waals surface area contributed by atoms with Crippen LogP contribution in [0.15, 0.2) is 41.1 Å². The molecule has 0 amide bonds. The lowest BCUT2D eigenvalue weighted by Crippen LogP contribution is -2.24. The smallest absolute Gasteiger partial charge is 0.0227 e. The molecule has 1 aliphatic carbocycles. The molecule has 0 radical (unpaired) electrons. The van der Waals surface area contributed by atoms with Crippen molar-refractivity contribution in [1.29, 1.82) is 0 Å². The first-order valence-electron chi connectivity index (χ1n) is 6.63. The lowest BCUT2D eigenvalue weighted by atomic mass is 9.74. The number of allylic oxidation sites excluding steroid dienone is 5. The quantitative estimate of drug-likeness (QED) is 0.652. The molecule has 2 rings (SSSR count). The van der Waals surface area contributed by atoms with Crippen LogP contribution >= 0.6 is 0 Å². The van der Waals surface area contributed by atoms with Crippen molar-refractivity contribution in [1.82, 2.24) is 0 Å². The van der Waals surface area contributed by atoms with Gasteiger partial charge in [-0.15, -0.1) is 0 Å². The van der Waals surface area contributed by atoms with E-state index in [4.69, 9.17) is 0 Å². The lowest BCUT2D eigenvalue weighted by molar-refractivity contribution is 0.270. The zero-order valence-corrected chi connectivity index (χ0v) is 11.2. The highest BCUT2D eigenvalue weighted by molar-refractivity contribution is 5.86. The maximum Gasteiger partial charge on any atom is 0.0227 e. The molecule has 0 spiro atoms. The predicted octanol–water partition coefficient (Wildman–Crippen LogP) is 4.67.